The fourth-order valence-electron chi connectivity index (χ4n) is 11.1. The number of allylic oxidation sites excluding steroid dienone is 18. The molecule has 0 N–H and O–H groups in total. The molecule has 0 bridgehead atoms. The third kappa shape index (κ3) is 3.76. The van der Waals surface area contributed by atoms with Gasteiger partial charge >= 0.3 is 26.2 Å². The van der Waals surface area contributed by atoms with Crippen LogP contribution < -0.4 is 24.8 Å². The molecule has 235 valence electrons. The topological polar surface area (TPSA) is 0 Å². The van der Waals surface area contributed by atoms with Gasteiger partial charge in [-0.15, -0.1) is 5.57 Å². The summed E-state index contributed by atoms with van der Waals surface area (Å²) in [6, 6.07) is 0. The zero-order valence-corrected chi connectivity index (χ0v) is 33.4. The van der Waals surface area contributed by atoms with Gasteiger partial charge in [-0.3, -0.25) is 0 Å². The Balaban J connectivity index is 0.00000176. The van der Waals surface area contributed by atoms with E-state index in [1.54, 1.807) is 5.57 Å². The van der Waals surface area contributed by atoms with Gasteiger partial charge in [-0.2, -0.15) is 6.08 Å². The quantitative estimate of drug-likeness (QED) is 0.320. The number of fused-ring (bicyclic) bond motifs is 8. The monoisotopic (exact) mass is 705 g/mol. The smallest absolute Gasteiger partial charge is 1.00 e. The Morgan fingerprint density at radius 1 is 0.727 bits per heavy atom. The summed E-state index contributed by atoms with van der Waals surface area (Å²) in [7, 11) is 0. The van der Waals surface area contributed by atoms with Crippen LogP contribution in [0.2, 0.25) is 0 Å². The van der Waals surface area contributed by atoms with Gasteiger partial charge in [0, 0.05) is 16.2 Å². The average molecular weight is 708 g/mol. The molecule has 7 unspecified atom stereocenters. The summed E-state index contributed by atoms with van der Waals surface area (Å²) in [5, 5.41) is 0. The Morgan fingerprint density at radius 2 is 1.20 bits per heavy atom. The summed E-state index contributed by atoms with van der Waals surface area (Å²) in [6.07, 6.45) is 31.0. The maximum Gasteiger partial charge on any atom is 3.00 e. The summed E-state index contributed by atoms with van der Waals surface area (Å²) in [4.78, 5) is 0. The summed E-state index contributed by atoms with van der Waals surface area (Å²) >= 11 is 0. The van der Waals surface area contributed by atoms with Crippen LogP contribution in [0.1, 0.15) is 96.4 Å². The van der Waals surface area contributed by atoms with Crippen molar-refractivity contribution in [2.45, 2.75) is 96.4 Å². The molecular weight excluding hydrogens is 655 g/mol. The van der Waals surface area contributed by atoms with Gasteiger partial charge in [0.05, 0.1) is 0 Å². The number of hydrogen-bond acceptors (Lipinski definition) is 0. The van der Waals surface area contributed by atoms with Gasteiger partial charge < -0.3 is 24.8 Å². The fourth-order valence-corrected chi connectivity index (χ4v) is 11.1. The molecule has 6 rings (SSSR count). The Kier molecular flexibility index (Phi) is 9.16. The van der Waals surface area contributed by atoms with Gasteiger partial charge in [0.2, 0.25) is 0 Å². The number of hydrogen-bond donors (Lipinski definition) is 0. The van der Waals surface area contributed by atoms with Crippen molar-refractivity contribution in [3.05, 3.63) is 112 Å². The van der Waals surface area contributed by atoms with Gasteiger partial charge in [0.15, 0.2) is 0 Å². The predicted octanol–water partition coefficient (Wildman–Crippen LogP) is 5.41. The van der Waals surface area contributed by atoms with Crippen LogP contribution in [0, 0.1) is 49.7 Å². The van der Waals surface area contributed by atoms with Gasteiger partial charge in [-0.1, -0.05) is 147 Å². The summed E-state index contributed by atoms with van der Waals surface area (Å²) in [5.41, 5.74) is 9.91. The Hall–Kier alpha value is -1.01. The van der Waals surface area contributed by atoms with Crippen molar-refractivity contribution in [1.29, 1.82) is 0 Å². The van der Waals surface area contributed by atoms with Gasteiger partial charge in [0.1, 0.15) is 0 Å². The maximum absolute atomic E-state index is 2.75. The zero-order chi connectivity index (χ0) is 30.2. The van der Waals surface area contributed by atoms with Gasteiger partial charge in [0.25, 0.3) is 0 Å². The van der Waals surface area contributed by atoms with E-state index in [1.165, 1.54) is 33.4 Å². The predicted molar refractivity (Wildman–Crippen MR) is 177 cm³/mol. The standard InChI is InChI=1S/C41H53.2ClH.Zr/c1-27(2)32-25-31-26-39(11)37(9)22-15-14-20-35(37,7)36(8)21-16-17-23-38(36,10)41(39,13)40(31,12)28(3)33(32)29-18-19-30(24-29)34(4,5)6;;;/h14-17,19-26H,18H2,1-13H3;2*1H;/q-1;;;+3/p-2. The largest absolute Gasteiger partial charge is 3.00 e. The molecule has 0 aromatic rings. The SMILES string of the molecule is CC(C)=C1C=C2[CH-]C3(C)C4(C)C=CC=CC4(C)C4(C)C=CC=CC4(C)C3(C)C2(C)C(C)=C1C1=CC(C(C)(C)C)=CC1.[Cl-].[Cl-].[Zr+3]. The first-order chi connectivity index (χ1) is 18.8. The summed E-state index contributed by atoms with van der Waals surface area (Å²) < 4.78 is 0. The van der Waals surface area contributed by atoms with Crippen molar-refractivity contribution < 1.29 is 51.0 Å². The first-order valence-electron chi connectivity index (χ1n) is 15.9. The Bertz CT molecular complexity index is 1550. The molecule has 0 spiro atoms. The maximum atomic E-state index is 2.75. The molecule has 0 aromatic carbocycles. The van der Waals surface area contributed by atoms with E-state index in [1.807, 2.05) is 0 Å². The number of rotatable bonds is 1. The van der Waals surface area contributed by atoms with Crippen LogP contribution >= 0.6 is 0 Å². The minimum Gasteiger partial charge on any atom is -1.00 e. The minimum absolute atomic E-state index is 0. The molecule has 0 aromatic heterocycles. The van der Waals surface area contributed by atoms with E-state index in [4.69, 9.17) is 0 Å². The molecule has 6 aliphatic carbocycles. The van der Waals surface area contributed by atoms with Crippen molar-refractivity contribution in [1.82, 2.24) is 0 Å². The fraction of sp³-hybridized carbons (Fsp3) is 0.537. The second-order valence-electron chi connectivity index (χ2n) is 16.6. The molecule has 2 fully saturated rings. The second kappa shape index (κ2) is 10.8. The van der Waals surface area contributed by atoms with Crippen LogP contribution in [0.25, 0.3) is 0 Å². The van der Waals surface area contributed by atoms with E-state index in [2.05, 4.69) is 163 Å². The molecule has 7 atom stereocenters. The molecule has 1 radical (unpaired) electrons. The van der Waals surface area contributed by atoms with Crippen molar-refractivity contribution in [2.24, 2.45) is 43.3 Å². The summed E-state index contributed by atoms with van der Waals surface area (Å²) in [6.45, 7) is 32.3. The van der Waals surface area contributed by atoms with Crippen molar-refractivity contribution >= 4 is 0 Å². The van der Waals surface area contributed by atoms with E-state index in [-0.39, 0.29) is 94.3 Å². The first kappa shape index (κ1) is 37.5. The summed E-state index contributed by atoms with van der Waals surface area (Å²) in [5.74, 6) is 0. The number of halogens is 2. The van der Waals surface area contributed by atoms with Crippen LogP contribution in [0.3, 0.4) is 0 Å². The van der Waals surface area contributed by atoms with E-state index in [9.17, 15) is 0 Å². The van der Waals surface area contributed by atoms with Crippen LogP contribution in [-0.4, -0.2) is 0 Å². The van der Waals surface area contributed by atoms with Crippen LogP contribution in [0.15, 0.2) is 106 Å². The Labute approximate surface area is 301 Å². The van der Waals surface area contributed by atoms with Crippen LogP contribution in [0.5, 0.6) is 0 Å². The van der Waals surface area contributed by atoms with E-state index >= 15 is 0 Å². The third-order valence-corrected chi connectivity index (χ3v) is 14.6. The second-order valence-corrected chi connectivity index (χ2v) is 16.6. The average Bonchev–Trinajstić information content (AvgIpc) is 3.45. The molecular formula is C41H53Cl2Zr. The van der Waals surface area contributed by atoms with Crippen molar-refractivity contribution in [2.75, 3.05) is 0 Å². The molecule has 3 heteroatoms. The van der Waals surface area contributed by atoms with Crippen molar-refractivity contribution in [3.8, 4) is 0 Å². The zero-order valence-electron chi connectivity index (χ0n) is 29.4. The van der Waals surface area contributed by atoms with Crippen molar-refractivity contribution in [3.63, 3.8) is 0 Å². The molecule has 0 saturated heterocycles. The molecule has 6 aliphatic rings. The van der Waals surface area contributed by atoms with E-state index < -0.39 is 0 Å². The normalized spacial score (nSPS) is 42.8. The molecule has 0 nitrogen and oxygen atoms in total. The molecule has 44 heavy (non-hydrogen) atoms. The third-order valence-electron chi connectivity index (χ3n) is 14.6. The van der Waals surface area contributed by atoms with E-state index in [0.29, 0.717) is 0 Å². The molecule has 0 aliphatic heterocycles. The van der Waals surface area contributed by atoms with Gasteiger partial charge in [-0.25, -0.2) is 12.0 Å². The molecule has 0 amide bonds. The molecule has 0 heterocycles. The van der Waals surface area contributed by atoms with E-state index in [0.717, 1.165) is 6.42 Å². The van der Waals surface area contributed by atoms with Gasteiger partial charge in [-0.05, 0) is 65.6 Å². The molecule has 2 saturated carbocycles. The minimum atomic E-state index is -0.133. The van der Waals surface area contributed by atoms with Crippen LogP contribution in [0.4, 0.5) is 0 Å². The Morgan fingerprint density at radius 3 is 1.68 bits per heavy atom. The first-order valence-corrected chi connectivity index (χ1v) is 15.9. The van der Waals surface area contributed by atoms with Crippen LogP contribution in [-0.2, 0) is 26.2 Å².